The van der Waals surface area contributed by atoms with E-state index in [0.29, 0.717) is 23.9 Å². The Bertz CT molecular complexity index is 904. The molecule has 3 aromatic heterocycles. The van der Waals surface area contributed by atoms with E-state index in [4.69, 9.17) is 16.3 Å². The fourth-order valence-corrected chi connectivity index (χ4v) is 3.35. The normalized spacial score (nSPS) is 15.2. The van der Waals surface area contributed by atoms with E-state index in [1.807, 2.05) is 23.9 Å². The van der Waals surface area contributed by atoms with Crippen LogP contribution in [-0.2, 0) is 6.54 Å². The Kier molecular flexibility index (Phi) is 4.09. The molecule has 1 aliphatic carbocycles. The van der Waals surface area contributed by atoms with E-state index >= 15 is 0 Å². The third kappa shape index (κ3) is 3.59. The lowest BCUT2D eigenvalue weighted by molar-refractivity contribution is 0.413. The fraction of sp³-hybridized carbons (Fsp3) is 0.375. The third-order valence-corrected chi connectivity index (χ3v) is 5.28. The van der Waals surface area contributed by atoms with Crippen LogP contribution in [0.15, 0.2) is 24.7 Å². The second-order valence-electron chi connectivity index (χ2n) is 6.15. The molecule has 4 rings (SSSR count). The Morgan fingerprint density at radius 1 is 1.40 bits per heavy atom. The monoisotopic (exact) mass is 376 g/mol. The molecule has 1 aliphatic rings. The Morgan fingerprint density at radius 2 is 2.24 bits per heavy atom. The highest BCUT2D eigenvalue weighted by molar-refractivity contribution is 7.10. The average Bonchev–Trinajstić information content (AvgIpc) is 2.97. The van der Waals surface area contributed by atoms with E-state index in [1.165, 1.54) is 11.5 Å². The number of methoxy groups -OCH3 is 1. The van der Waals surface area contributed by atoms with E-state index in [-0.39, 0.29) is 4.87 Å². The number of aromatic nitrogens is 5. The molecule has 0 radical (unpaired) electrons. The molecule has 0 bridgehead atoms. The molecule has 0 aliphatic heterocycles. The molecule has 25 heavy (non-hydrogen) atoms. The van der Waals surface area contributed by atoms with Crippen molar-refractivity contribution >= 4 is 34.1 Å². The van der Waals surface area contributed by atoms with Crippen LogP contribution in [0, 0.1) is 6.92 Å². The van der Waals surface area contributed by atoms with Crippen LogP contribution < -0.4 is 10.1 Å². The van der Waals surface area contributed by atoms with Crippen molar-refractivity contribution < 1.29 is 4.74 Å². The van der Waals surface area contributed by atoms with Crippen LogP contribution in [0.25, 0.3) is 11.3 Å². The minimum absolute atomic E-state index is 0.129. The minimum Gasteiger partial charge on any atom is -0.493 e. The fourth-order valence-electron chi connectivity index (χ4n) is 2.48. The average molecular weight is 377 g/mol. The van der Waals surface area contributed by atoms with E-state index in [0.717, 1.165) is 29.1 Å². The van der Waals surface area contributed by atoms with Gasteiger partial charge in [0.15, 0.2) is 5.75 Å². The van der Waals surface area contributed by atoms with Crippen molar-refractivity contribution in [2.75, 3.05) is 12.4 Å². The first kappa shape index (κ1) is 16.3. The molecule has 3 aromatic rings. The van der Waals surface area contributed by atoms with Gasteiger partial charge in [0.2, 0.25) is 5.95 Å². The van der Waals surface area contributed by atoms with E-state index in [1.54, 1.807) is 19.5 Å². The standard InChI is InChI=1S/C16H17ClN6OS/c1-10-5-13(25-22-10)20-15-18-7-12(24-2)14(21-15)11-6-19-23(8-11)9-16(17)3-4-16/h5-8H,3-4,9H2,1-2H3,(H,18,20,21). The molecular weight excluding hydrogens is 360 g/mol. The summed E-state index contributed by atoms with van der Waals surface area (Å²) >= 11 is 7.75. The van der Waals surface area contributed by atoms with E-state index in [2.05, 4.69) is 24.8 Å². The van der Waals surface area contributed by atoms with Crippen LogP contribution in [0.1, 0.15) is 18.5 Å². The van der Waals surface area contributed by atoms with Crippen molar-refractivity contribution in [3.05, 3.63) is 30.4 Å². The molecular formula is C16H17ClN6OS. The number of alkyl halides is 1. The summed E-state index contributed by atoms with van der Waals surface area (Å²) in [6.45, 7) is 2.65. The zero-order chi connectivity index (χ0) is 17.4. The number of nitrogens with one attached hydrogen (secondary N) is 1. The van der Waals surface area contributed by atoms with Crippen molar-refractivity contribution in [1.82, 2.24) is 24.1 Å². The van der Waals surface area contributed by atoms with Crippen LogP contribution in [0.3, 0.4) is 0 Å². The Morgan fingerprint density at radius 3 is 2.92 bits per heavy atom. The van der Waals surface area contributed by atoms with Gasteiger partial charge in [-0.25, -0.2) is 9.97 Å². The summed E-state index contributed by atoms with van der Waals surface area (Å²) in [6.07, 6.45) is 7.42. The first-order valence-corrected chi connectivity index (χ1v) is 9.03. The third-order valence-electron chi connectivity index (χ3n) is 3.98. The number of hydrogen-bond donors (Lipinski definition) is 1. The van der Waals surface area contributed by atoms with Crippen LogP contribution in [0.2, 0.25) is 0 Å². The maximum Gasteiger partial charge on any atom is 0.228 e. The van der Waals surface area contributed by atoms with Gasteiger partial charge < -0.3 is 10.1 Å². The number of halogens is 1. The number of hydrogen-bond acceptors (Lipinski definition) is 7. The van der Waals surface area contributed by atoms with Crippen molar-refractivity contribution in [2.45, 2.75) is 31.2 Å². The summed E-state index contributed by atoms with van der Waals surface area (Å²) in [5.74, 6) is 1.08. The molecule has 0 aromatic carbocycles. The lowest BCUT2D eigenvalue weighted by atomic mass is 10.2. The highest BCUT2D eigenvalue weighted by Gasteiger charge is 2.41. The van der Waals surface area contributed by atoms with Gasteiger partial charge in [-0.3, -0.25) is 4.68 Å². The first-order chi connectivity index (χ1) is 12.0. The number of ether oxygens (including phenoxy) is 1. The number of anilines is 2. The zero-order valence-corrected chi connectivity index (χ0v) is 15.4. The van der Waals surface area contributed by atoms with Crippen molar-refractivity contribution in [1.29, 1.82) is 0 Å². The van der Waals surface area contributed by atoms with Crippen LogP contribution in [0.5, 0.6) is 5.75 Å². The number of nitrogens with zero attached hydrogens (tertiary/aromatic N) is 5. The van der Waals surface area contributed by atoms with Crippen molar-refractivity contribution in [3.8, 4) is 17.0 Å². The van der Waals surface area contributed by atoms with Crippen LogP contribution in [0.4, 0.5) is 10.9 Å². The summed E-state index contributed by atoms with van der Waals surface area (Å²) in [7, 11) is 1.60. The molecule has 7 nitrogen and oxygen atoms in total. The molecule has 1 saturated carbocycles. The summed E-state index contributed by atoms with van der Waals surface area (Å²) in [4.78, 5) is 8.76. The molecule has 130 valence electrons. The van der Waals surface area contributed by atoms with Gasteiger partial charge in [-0.2, -0.15) is 9.47 Å². The Labute approximate surface area is 154 Å². The van der Waals surface area contributed by atoms with Crippen molar-refractivity contribution in [2.24, 2.45) is 0 Å². The highest BCUT2D eigenvalue weighted by atomic mass is 35.5. The molecule has 0 saturated heterocycles. The van der Waals surface area contributed by atoms with Gasteiger partial charge in [-0.1, -0.05) is 0 Å². The zero-order valence-electron chi connectivity index (χ0n) is 13.9. The van der Waals surface area contributed by atoms with E-state index in [9.17, 15) is 0 Å². The summed E-state index contributed by atoms with van der Waals surface area (Å²) in [5.41, 5.74) is 2.51. The maximum atomic E-state index is 6.38. The summed E-state index contributed by atoms with van der Waals surface area (Å²) in [6, 6.07) is 1.95. The molecule has 1 fully saturated rings. The van der Waals surface area contributed by atoms with Crippen molar-refractivity contribution in [3.63, 3.8) is 0 Å². The quantitative estimate of drug-likeness (QED) is 0.662. The predicted molar refractivity (Wildman–Crippen MR) is 97.8 cm³/mol. The maximum absolute atomic E-state index is 6.38. The van der Waals surface area contributed by atoms with Gasteiger partial charge >= 0.3 is 0 Å². The van der Waals surface area contributed by atoms with E-state index < -0.39 is 0 Å². The molecule has 1 N–H and O–H groups in total. The predicted octanol–water partition coefficient (Wildman–Crippen LogP) is 3.63. The SMILES string of the molecule is COc1cnc(Nc2cc(C)ns2)nc1-c1cnn(CC2(Cl)CC2)c1. The molecule has 0 atom stereocenters. The Balaban J connectivity index is 1.61. The van der Waals surface area contributed by atoms with Gasteiger partial charge in [0.05, 0.1) is 36.6 Å². The molecule has 3 heterocycles. The van der Waals surface area contributed by atoms with Gasteiger partial charge in [-0.15, -0.1) is 11.6 Å². The summed E-state index contributed by atoms with van der Waals surface area (Å²) in [5, 5.41) is 8.46. The lowest BCUT2D eigenvalue weighted by Gasteiger charge is -2.08. The first-order valence-electron chi connectivity index (χ1n) is 7.88. The topological polar surface area (TPSA) is 77.8 Å². The van der Waals surface area contributed by atoms with Crippen LogP contribution in [-0.4, -0.2) is 36.1 Å². The molecule has 9 heteroatoms. The number of rotatable bonds is 6. The Hall–Kier alpha value is -2.19. The van der Waals surface area contributed by atoms with Crippen LogP contribution >= 0.6 is 23.1 Å². The largest absolute Gasteiger partial charge is 0.493 e. The highest BCUT2D eigenvalue weighted by Crippen LogP contribution is 2.44. The smallest absolute Gasteiger partial charge is 0.228 e. The minimum atomic E-state index is -0.129. The second kappa shape index (κ2) is 6.27. The van der Waals surface area contributed by atoms with Gasteiger partial charge in [-0.05, 0) is 37.4 Å². The second-order valence-corrected chi connectivity index (χ2v) is 7.75. The molecule has 0 amide bonds. The van der Waals surface area contributed by atoms with Gasteiger partial charge in [0, 0.05) is 11.8 Å². The lowest BCUT2D eigenvalue weighted by Crippen LogP contribution is -2.11. The summed E-state index contributed by atoms with van der Waals surface area (Å²) < 4.78 is 11.5. The molecule has 0 spiro atoms. The van der Waals surface area contributed by atoms with Gasteiger partial charge in [0.25, 0.3) is 0 Å². The molecule has 0 unspecified atom stereocenters. The number of aryl methyl sites for hydroxylation is 1. The van der Waals surface area contributed by atoms with Gasteiger partial charge in [0.1, 0.15) is 10.7 Å².